The minimum Gasteiger partial charge on any atom is -0.454 e. The number of likely N-dealkylation sites (tertiary alicyclic amines) is 1. The largest absolute Gasteiger partial charge is 0.454 e. The van der Waals surface area contributed by atoms with Crippen LogP contribution < -0.4 is 0 Å². The highest BCUT2D eigenvalue weighted by Gasteiger charge is 2.61. The summed E-state index contributed by atoms with van der Waals surface area (Å²) in [7, 11) is 0.472. The summed E-state index contributed by atoms with van der Waals surface area (Å²) < 4.78 is 11.6. The summed E-state index contributed by atoms with van der Waals surface area (Å²) in [5, 5.41) is 10.1. The standard InChI is InChI=1S/C23H32N2O7S3Si/c1-7-34-21(33)35-19-15(16(22(2,3)4)23(5,6)32-36)17(26)24(19)18(27)20(28)31-12-13-8-10-14(11-9-13)25(29)30/h8-11,15-16,19H,7,12H2,1-6,36H3/t15-,16+,19+/m0/s1. The first-order valence-corrected chi connectivity index (χ1v) is 14.4. The lowest BCUT2D eigenvalue weighted by Gasteiger charge is -2.55. The SMILES string of the molecule is CCSC(=S)S[C@@H]1[C@@H]([C@H](C(C)(C)C)C(C)(C)O[SiH3])C(=O)N1C(=O)C(=O)OCc1ccc([N+](=O)[O-])cc1. The number of thiocarbonyl (C=S) groups is 1. The molecular weight excluding hydrogens is 541 g/mol. The molecule has 1 aliphatic heterocycles. The molecule has 1 fully saturated rings. The van der Waals surface area contributed by atoms with Crippen molar-refractivity contribution in [3.8, 4) is 0 Å². The van der Waals surface area contributed by atoms with Crippen molar-refractivity contribution in [3.63, 3.8) is 0 Å². The molecule has 0 unspecified atom stereocenters. The molecule has 1 aromatic carbocycles. The number of ether oxygens (including phenoxy) is 1. The molecule has 36 heavy (non-hydrogen) atoms. The minimum absolute atomic E-state index is 0.103. The van der Waals surface area contributed by atoms with Gasteiger partial charge in [0.1, 0.15) is 26.0 Å². The lowest BCUT2D eigenvalue weighted by atomic mass is 9.63. The average molecular weight is 573 g/mol. The van der Waals surface area contributed by atoms with E-state index in [-0.39, 0.29) is 23.6 Å². The molecule has 2 rings (SSSR count). The van der Waals surface area contributed by atoms with Gasteiger partial charge in [0.25, 0.3) is 5.69 Å². The summed E-state index contributed by atoms with van der Waals surface area (Å²) >= 11 is 8.12. The normalized spacial score (nSPS) is 18.9. The Morgan fingerprint density at radius 3 is 2.28 bits per heavy atom. The van der Waals surface area contributed by atoms with E-state index in [1.54, 1.807) is 0 Å². The summed E-state index contributed by atoms with van der Waals surface area (Å²) in [5.41, 5.74) is -0.596. The summed E-state index contributed by atoms with van der Waals surface area (Å²) in [6, 6.07) is 5.43. The number of carbonyl (C=O) groups is 3. The average Bonchev–Trinajstić information content (AvgIpc) is 2.79. The smallest absolute Gasteiger partial charge is 0.397 e. The van der Waals surface area contributed by atoms with Gasteiger partial charge in [0.2, 0.25) is 5.91 Å². The van der Waals surface area contributed by atoms with Gasteiger partial charge in [-0.25, -0.2) is 4.79 Å². The Morgan fingerprint density at radius 2 is 1.81 bits per heavy atom. The first-order chi connectivity index (χ1) is 16.7. The van der Waals surface area contributed by atoms with Gasteiger partial charge in [0.15, 0.2) is 0 Å². The maximum atomic E-state index is 13.4. The predicted octanol–water partition coefficient (Wildman–Crippen LogP) is 3.46. The molecule has 3 atom stereocenters. The zero-order chi connectivity index (χ0) is 27.4. The highest BCUT2D eigenvalue weighted by Crippen LogP contribution is 2.51. The maximum Gasteiger partial charge on any atom is 0.397 e. The van der Waals surface area contributed by atoms with Crippen molar-refractivity contribution in [2.75, 3.05) is 5.75 Å². The first kappa shape index (κ1) is 30.4. The lowest BCUT2D eigenvalue weighted by Crippen LogP contribution is -2.69. The summed E-state index contributed by atoms with van der Waals surface area (Å²) in [6.45, 7) is 11.6. The van der Waals surface area contributed by atoms with Crippen molar-refractivity contribution < 1.29 is 28.5 Å². The Morgan fingerprint density at radius 1 is 1.22 bits per heavy atom. The van der Waals surface area contributed by atoms with Crippen LogP contribution in [0.25, 0.3) is 0 Å². The molecule has 0 N–H and O–H groups in total. The van der Waals surface area contributed by atoms with Crippen molar-refractivity contribution in [2.24, 2.45) is 17.3 Å². The number of benzene rings is 1. The highest BCUT2D eigenvalue weighted by atomic mass is 32.2. The predicted molar refractivity (Wildman–Crippen MR) is 148 cm³/mol. The molecule has 0 bridgehead atoms. The van der Waals surface area contributed by atoms with E-state index >= 15 is 0 Å². The van der Waals surface area contributed by atoms with Crippen LogP contribution in [0.4, 0.5) is 5.69 Å². The van der Waals surface area contributed by atoms with E-state index in [2.05, 4.69) is 0 Å². The highest BCUT2D eigenvalue weighted by molar-refractivity contribution is 8.47. The molecule has 0 spiro atoms. The van der Waals surface area contributed by atoms with Crippen LogP contribution in [0.3, 0.4) is 0 Å². The van der Waals surface area contributed by atoms with E-state index in [9.17, 15) is 24.5 Å². The van der Waals surface area contributed by atoms with Crippen LogP contribution in [0.1, 0.15) is 47.1 Å². The number of hydrogen-bond donors (Lipinski definition) is 0. The second kappa shape index (κ2) is 12.2. The molecule has 2 amide bonds. The van der Waals surface area contributed by atoms with Crippen molar-refractivity contribution in [1.29, 1.82) is 0 Å². The number of amides is 2. The number of rotatable bonds is 8. The number of β-lactam (4-membered cyclic amide) rings is 1. The quantitative estimate of drug-likeness (QED) is 0.0872. The molecule has 1 saturated heterocycles. The zero-order valence-corrected chi connectivity index (χ0v) is 25.9. The number of hydrogen-bond acceptors (Lipinski definition) is 10. The van der Waals surface area contributed by atoms with Crippen molar-refractivity contribution in [1.82, 2.24) is 4.90 Å². The van der Waals surface area contributed by atoms with E-state index in [0.717, 1.165) is 10.7 Å². The van der Waals surface area contributed by atoms with Crippen LogP contribution in [0, 0.1) is 27.4 Å². The second-order valence-electron chi connectivity index (χ2n) is 9.88. The van der Waals surface area contributed by atoms with Crippen LogP contribution in [0.15, 0.2) is 24.3 Å². The van der Waals surface area contributed by atoms with E-state index < -0.39 is 39.6 Å². The molecule has 1 aromatic rings. The van der Waals surface area contributed by atoms with Crippen LogP contribution in [0.2, 0.25) is 0 Å². The van der Waals surface area contributed by atoms with Gasteiger partial charge in [0.05, 0.1) is 16.4 Å². The number of thioether (sulfide) groups is 2. The topological polar surface area (TPSA) is 116 Å². The number of nitro benzene ring substituents is 1. The van der Waals surface area contributed by atoms with Gasteiger partial charge < -0.3 is 9.16 Å². The van der Waals surface area contributed by atoms with Crippen molar-refractivity contribution >= 4 is 73.2 Å². The van der Waals surface area contributed by atoms with E-state index in [1.807, 2.05) is 41.5 Å². The van der Waals surface area contributed by atoms with Gasteiger partial charge in [-0.3, -0.25) is 24.6 Å². The fourth-order valence-corrected chi connectivity index (χ4v) is 7.53. The van der Waals surface area contributed by atoms with Gasteiger partial charge >= 0.3 is 11.9 Å². The Kier molecular flexibility index (Phi) is 10.3. The fourth-order valence-electron chi connectivity index (χ4n) is 4.55. The lowest BCUT2D eigenvalue weighted by molar-refractivity contribution is -0.384. The number of non-ortho nitro benzene ring substituents is 1. The molecular formula is C23H32N2O7S3Si. The number of esters is 1. The fraction of sp³-hybridized carbons (Fsp3) is 0.565. The van der Waals surface area contributed by atoms with Crippen molar-refractivity contribution in [3.05, 3.63) is 39.9 Å². The van der Waals surface area contributed by atoms with Crippen LogP contribution >= 0.6 is 35.7 Å². The molecule has 1 heterocycles. The van der Waals surface area contributed by atoms with Crippen LogP contribution in [0.5, 0.6) is 0 Å². The number of imide groups is 1. The zero-order valence-electron chi connectivity index (χ0n) is 21.4. The summed E-state index contributed by atoms with van der Waals surface area (Å²) in [4.78, 5) is 50.3. The second-order valence-corrected chi connectivity index (χ2v) is 13.9. The van der Waals surface area contributed by atoms with Crippen LogP contribution in [-0.4, -0.2) is 58.3 Å². The maximum absolute atomic E-state index is 13.4. The molecule has 198 valence electrons. The van der Waals surface area contributed by atoms with Gasteiger partial charge in [-0.2, -0.15) is 0 Å². The molecule has 13 heteroatoms. The molecule has 0 aliphatic carbocycles. The number of nitrogens with zero attached hydrogens (tertiary/aromatic N) is 2. The molecule has 1 aliphatic rings. The molecule has 9 nitrogen and oxygen atoms in total. The summed E-state index contributed by atoms with van der Waals surface area (Å²) in [5.74, 6) is -2.79. The first-order valence-electron chi connectivity index (χ1n) is 11.3. The number of carbonyl (C=O) groups excluding carboxylic acids is 3. The Hall–Kier alpha value is -1.80. The van der Waals surface area contributed by atoms with Gasteiger partial charge in [-0.05, 0) is 42.7 Å². The third-order valence-electron chi connectivity index (χ3n) is 6.04. The number of nitro groups is 1. The van der Waals surface area contributed by atoms with E-state index in [4.69, 9.17) is 21.4 Å². The van der Waals surface area contributed by atoms with Gasteiger partial charge in [-0.15, -0.1) is 11.8 Å². The Bertz CT molecular complexity index is 1030. The Balaban J connectivity index is 2.26. The third-order valence-corrected chi connectivity index (χ3v) is 9.84. The van der Waals surface area contributed by atoms with E-state index in [0.29, 0.717) is 19.6 Å². The molecule has 0 aromatic heterocycles. The Labute approximate surface area is 228 Å². The molecule has 0 saturated carbocycles. The third kappa shape index (κ3) is 6.94. The van der Waals surface area contributed by atoms with Crippen LogP contribution in [-0.2, 0) is 30.2 Å². The summed E-state index contributed by atoms with van der Waals surface area (Å²) in [6.07, 6.45) is 0. The minimum atomic E-state index is -1.18. The molecule has 0 radical (unpaired) electrons. The van der Waals surface area contributed by atoms with Crippen molar-refractivity contribution in [2.45, 2.75) is 59.1 Å². The van der Waals surface area contributed by atoms with Gasteiger partial charge in [-0.1, -0.05) is 51.7 Å². The monoisotopic (exact) mass is 572 g/mol. The van der Waals surface area contributed by atoms with E-state index in [1.165, 1.54) is 47.8 Å². The van der Waals surface area contributed by atoms with Gasteiger partial charge in [0, 0.05) is 18.1 Å².